The van der Waals surface area contributed by atoms with E-state index in [1.165, 1.54) is 6.33 Å². The van der Waals surface area contributed by atoms with Gasteiger partial charge in [0, 0.05) is 0 Å². The minimum absolute atomic E-state index is 0.0104. The van der Waals surface area contributed by atoms with E-state index in [1.807, 2.05) is 0 Å². The summed E-state index contributed by atoms with van der Waals surface area (Å²) in [6, 6.07) is 0. The first-order chi connectivity index (χ1) is 5.29. The van der Waals surface area contributed by atoms with Crippen molar-refractivity contribution < 1.29 is 5.06 Å². The molecule has 0 saturated carbocycles. The van der Waals surface area contributed by atoms with Gasteiger partial charge in [0.15, 0.2) is 18.2 Å². The molecule has 0 spiro atoms. The number of anilines is 1. The molecule has 1 aliphatic rings. The second-order valence-corrected chi connectivity index (χ2v) is 2.28. The fourth-order valence-corrected chi connectivity index (χ4v) is 1.01. The molecule has 11 heavy (non-hydrogen) atoms. The minimum atomic E-state index is -0.207. The molecule has 1 unspecified atom stereocenters. The Kier molecular flexibility index (Phi) is 1.17. The number of H-pyrrole nitrogens is 1. The van der Waals surface area contributed by atoms with Crippen LogP contribution >= 0.6 is 0 Å². The summed E-state index contributed by atoms with van der Waals surface area (Å²) >= 11 is 0. The van der Waals surface area contributed by atoms with Crippen LogP contribution in [-0.2, 0) is 0 Å². The average molecular weight is 153 g/mol. The van der Waals surface area contributed by atoms with Crippen molar-refractivity contribution in [1.29, 1.82) is 5.41 Å². The first-order valence-corrected chi connectivity index (χ1v) is 3.18. The van der Waals surface area contributed by atoms with Crippen molar-refractivity contribution in [2.45, 2.75) is 0 Å². The Morgan fingerprint density at radius 3 is 3.36 bits per heavy atom. The molecule has 58 valence electrons. The Bertz CT molecular complexity index is 293. The van der Waals surface area contributed by atoms with Gasteiger partial charge >= 0.3 is 0 Å². The van der Waals surface area contributed by atoms with E-state index < -0.39 is 0 Å². The molecule has 2 rings (SSSR count). The zero-order valence-corrected chi connectivity index (χ0v) is 5.64. The molecule has 6 heteroatoms. The molecule has 1 atom stereocenters. The number of hydroxylamine groups is 2. The quantitative estimate of drug-likeness (QED) is 0.342. The van der Waals surface area contributed by atoms with Crippen LogP contribution in [0, 0.1) is 10.6 Å². The molecule has 0 bridgehead atoms. The third-order valence-electron chi connectivity index (χ3n) is 1.58. The van der Waals surface area contributed by atoms with Gasteiger partial charge in [0.25, 0.3) is 0 Å². The van der Waals surface area contributed by atoms with Crippen LogP contribution in [0.1, 0.15) is 5.69 Å². The lowest BCUT2D eigenvalue weighted by Gasteiger charge is -2.25. The number of quaternary nitrogens is 1. The highest BCUT2D eigenvalue weighted by Gasteiger charge is 2.22. The highest BCUT2D eigenvalue weighted by Crippen LogP contribution is 2.08. The Labute approximate surface area is 62.3 Å². The lowest BCUT2D eigenvalue weighted by Crippen LogP contribution is -3.12. The van der Waals surface area contributed by atoms with Crippen LogP contribution in [0.25, 0.3) is 0 Å². The van der Waals surface area contributed by atoms with Crippen molar-refractivity contribution in [2.24, 2.45) is 0 Å². The lowest BCUT2D eigenvalue weighted by atomic mass is 10.3. The molecule has 0 amide bonds. The molecule has 0 radical (unpaired) electrons. The number of aromatic nitrogens is 2. The van der Waals surface area contributed by atoms with Gasteiger partial charge in [-0.05, 0) is 0 Å². The first kappa shape index (κ1) is 6.32. The van der Waals surface area contributed by atoms with Crippen LogP contribution < -0.4 is 10.4 Å². The molecule has 4 N–H and O–H groups in total. The van der Waals surface area contributed by atoms with E-state index in [0.717, 1.165) is 0 Å². The van der Waals surface area contributed by atoms with Gasteiger partial charge in [-0.15, -0.1) is 0 Å². The molecule has 0 fully saturated rings. The molecule has 0 aromatic carbocycles. The smallest absolute Gasteiger partial charge is 0.247 e. The topological polar surface area (TPSA) is 92.1 Å². The Morgan fingerprint density at radius 2 is 2.55 bits per heavy atom. The van der Waals surface area contributed by atoms with Crippen LogP contribution in [-0.4, -0.2) is 22.5 Å². The van der Waals surface area contributed by atoms with Gasteiger partial charge in [0.05, 0.1) is 6.33 Å². The zero-order chi connectivity index (χ0) is 7.84. The maximum absolute atomic E-state index is 10.9. The van der Waals surface area contributed by atoms with Crippen molar-refractivity contribution in [3.8, 4) is 0 Å². The third kappa shape index (κ3) is 0.803. The summed E-state index contributed by atoms with van der Waals surface area (Å²) in [6.45, 7) is 0.177. The Balaban J connectivity index is 2.46. The summed E-state index contributed by atoms with van der Waals surface area (Å²) in [5.41, 5.74) is 0.487. The summed E-state index contributed by atoms with van der Waals surface area (Å²) in [4.78, 5) is 6.60. The van der Waals surface area contributed by atoms with Gasteiger partial charge in [0.2, 0.25) is 5.84 Å². The molecule has 1 aliphatic heterocycles. The van der Waals surface area contributed by atoms with E-state index in [2.05, 4.69) is 15.3 Å². The maximum Gasteiger partial charge on any atom is 0.247 e. The molecular weight excluding hydrogens is 146 g/mol. The SMILES string of the molecule is N=C1c2[nH]cnc2NC[NH+]1[O-]. The lowest BCUT2D eigenvalue weighted by molar-refractivity contribution is -0.744. The average Bonchev–Trinajstić information content (AvgIpc) is 2.45. The molecular formula is C5H7N5O. The number of rotatable bonds is 0. The largest absolute Gasteiger partial charge is 0.626 e. The van der Waals surface area contributed by atoms with Crippen LogP contribution in [0.15, 0.2) is 6.33 Å². The van der Waals surface area contributed by atoms with Crippen LogP contribution in [0.4, 0.5) is 5.82 Å². The fraction of sp³-hybridized carbons (Fsp3) is 0.200. The minimum Gasteiger partial charge on any atom is -0.626 e. The van der Waals surface area contributed by atoms with E-state index in [0.29, 0.717) is 11.5 Å². The number of aromatic amines is 1. The van der Waals surface area contributed by atoms with Crippen LogP contribution in [0.5, 0.6) is 0 Å². The van der Waals surface area contributed by atoms with Crippen molar-refractivity contribution >= 4 is 11.7 Å². The monoisotopic (exact) mass is 153 g/mol. The second-order valence-electron chi connectivity index (χ2n) is 2.28. The number of nitrogens with zero attached hydrogens (tertiary/aromatic N) is 1. The van der Waals surface area contributed by atoms with Gasteiger partial charge in [-0.3, -0.25) is 0 Å². The normalized spacial score (nSPS) is 22.6. The summed E-state index contributed by atoms with van der Waals surface area (Å²) in [5, 5.41) is 20.8. The van der Waals surface area contributed by atoms with E-state index in [9.17, 15) is 5.21 Å². The summed E-state index contributed by atoms with van der Waals surface area (Å²) in [5.74, 6) is 0.603. The van der Waals surface area contributed by atoms with Crippen LogP contribution in [0.2, 0.25) is 0 Å². The van der Waals surface area contributed by atoms with Crippen molar-refractivity contribution in [3.63, 3.8) is 0 Å². The predicted molar refractivity (Wildman–Crippen MR) is 38.2 cm³/mol. The number of fused-ring (bicyclic) bond motifs is 1. The second kappa shape index (κ2) is 2.04. The van der Waals surface area contributed by atoms with Crippen LogP contribution in [0.3, 0.4) is 0 Å². The fourth-order valence-electron chi connectivity index (χ4n) is 1.01. The van der Waals surface area contributed by atoms with Gasteiger partial charge in [0.1, 0.15) is 0 Å². The van der Waals surface area contributed by atoms with E-state index in [-0.39, 0.29) is 17.6 Å². The van der Waals surface area contributed by atoms with Gasteiger partial charge in [-0.25, -0.2) is 10.4 Å². The molecule has 0 saturated heterocycles. The van der Waals surface area contributed by atoms with E-state index >= 15 is 0 Å². The summed E-state index contributed by atoms with van der Waals surface area (Å²) in [7, 11) is 0. The van der Waals surface area contributed by atoms with Gasteiger partial charge in [-0.1, -0.05) is 0 Å². The molecule has 0 aliphatic carbocycles. The molecule has 6 nitrogen and oxygen atoms in total. The number of hydrogen-bond donors (Lipinski definition) is 4. The van der Waals surface area contributed by atoms with Gasteiger partial charge < -0.3 is 20.6 Å². The van der Waals surface area contributed by atoms with Crippen molar-refractivity contribution in [1.82, 2.24) is 9.97 Å². The standard InChI is InChI=1S/C5H7N5O/c6-4-3-5(8-1-7-3)9-2-10(4)11/h1,6,9-10H,2H2,(H,7,8). The maximum atomic E-state index is 10.9. The Morgan fingerprint density at radius 1 is 1.73 bits per heavy atom. The number of nitrogens with one attached hydrogen (secondary N) is 4. The third-order valence-corrected chi connectivity index (χ3v) is 1.58. The highest BCUT2D eigenvalue weighted by molar-refractivity contribution is 5.93. The molecule has 1 aromatic rings. The van der Waals surface area contributed by atoms with Crippen molar-refractivity contribution in [2.75, 3.05) is 12.0 Å². The highest BCUT2D eigenvalue weighted by atomic mass is 16.5. The van der Waals surface area contributed by atoms with Crippen molar-refractivity contribution in [3.05, 3.63) is 17.2 Å². The predicted octanol–water partition coefficient (Wildman–Crippen LogP) is -1.50. The number of amidine groups is 1. The molecule has 1 aromatic heterocycles. The summed E-state index contributed by atoms with van der Waals surface area (Å²) < 4.78 is 0. The first-order valence-electron chi connectivity index (χ1n) is 3.18. The Hall–Kier alpha value is -1.40. The zero-order valence-electron chi connectivity index (χ0n) is 5.64. The summed E-state index contributed by atoms with van der Waals surface area (Å²) in [6.07, 6.45) is 1.46. The van der Waals surface area contributed by atoms with Gasteiger partial charge in [-0.2, -0.15) is 0 Å². The molecule has 2 heterocycles. The van der Waals surface area contributed by atoms with E-state index in [1.54, 1.807) is 0 Å². The number of imidazole rings is 1. The number of hydrogen-bond acceptors (Lipinski definition) is 4. The van der Waals surface area contributed by atoms with E-state index in [4.69, 9.17) is 5.41 Å².